The third-order valence-electron chi connectivity index (χ3n) is 6.30. The molecule has 0 amide bonds. The summed E-state index contributed by atoms with van der Waals surface area (Å²) in [5.74, 6) is 1.88. The second-order valence-corrected chi connectivity index (χ2v) is 9.24. The first kappa shape index (κ1) is 26.0. The Kier molecular flexibility index (Phi) is 21.3. The minimum absolute atomic E-state index is 0.887. The molecule has 158 valence electrons. The Labute approximate surface area is 168 Å². The molecule has 0 saturated heterocycles. The summed E-state index contributed by atoms with van der Waals surface area (Å²) in [6, 6.07) is 0. The van der Waals surface area contributed by atoms with Gasteiger partial charge in [-0.25, -0.2) is 0 Å². The standard InChI is InChI=1S/C26H54/c1-5-7-9-11-13-15-16-18-20-22-24-26(25(3)4)23-21-19-17-14-12-10-8-6-2/h25-26H,5-24H2,1-4H3. The summed E-state index contributed by atoms with van der Waals surface area (Å²) in [5.41, 5.74) is 0. The fourth-order valence-electron chi connectivity index (χ4n) is 4.25. The van der Waals surface area contributed by atoms with E-state index in [9.17, 15) is 0 Å². The molecule has 0 aliphatic rings. The van der Waals surface area contributed by atoms with Gasteiger partial charge in [-0.1, -0.05) is 156 Å². The van der Waals surface area contributed by atoms with Gasteiger partial charge in [0.15, 0.2) is 0 Å². The van der Waals surface area contributed by atoms with E-state index in [0.29, 0.717) is 0 Å². The molecule has 0 aliphatic carbocycles. The lowest BCUT2D eigenvalue weighted by Crippen LogP contribution is -2.08. The van der Waals surface area contributed by atoms with Gasteiger partial charge in [0.25, 0.3) is 0 Å². The highest BCUT2D eigenvalue weighted by molar-refractivity contribution is 4.64. The highest BCUT2D eigenvalue weighted by Gasteiger charge is 2.12. The minimum atomic E-state index is 0.887. The molecule has 0 bridgehead atoms. The highest BCUT2D eigenvalue weighted by atomic mass is 14.2. The van der Waals surface area contributed by atoms with Gasteiger partial charge in [0.2, 0.25) is 0 Å². The van der Waals surface area contributed by atoms with Crippen LogP contribution in [0, 0.1) is 11.8 Å². The summed E-state index contributed by atoms with van der Waals surface area (Å²) in [6.45, 7) is 9.51. The SMILES string of the molecule is CCCCCCCCCCCCC(CCCCCCCCCC)C(C)C. The molecule has 0 heteroatoms. The molecule has 1 unspecified atom stereocenters. The molecule has 0 radical (unpaired) electrons. The van der Waals surface area contributed by atoms with Crippen molar-refractivity contribution in [3.8, 4) is 0 Å². The zero-order valence-electron chi connectivity index (χ0n) is 19.3. The quantitative estimate of drug-likeness (QED) is 0.177. The molecule has 0 aromatic carbocycles. The van der Waals surface area contributed by atoms with Gasteiger partial charge in [0, 0.05) is 0 Å². The Morgan fingerprint density at radius 3 is 0.923 bits per heavy atom. The Hall–Kier alpha value is 0. The molecule has 0 aliphatic heterocycles. The van der Waals surface area contributed by atoms with Crippen molar-refractivity contribution in [2.45, 2.75) is 156 Å². The Bertz CT molecular complexity index is 242. The fraction of sp³-hybridized carbons (Fsp3) is 1.00. The number of unbranched alkanes of at least 4 members (excludes halogenated alkanes) is 16. The molecule has 0 nitrogen and oxygen atoms in total. The van der Waals surface area contributed by atoms with Crippen LogP contribution in [0.25, 0.3) is 0 Å². The average Bonchev–Trinajstić information content (AvgIpc) is 2.63. The molecule has 0 rings (SSSR count). The number of hydrogen-bond acceptors (Lipinski definition) is 0. The van der Waals surface area contributed by atoms with Gasteiger partial charge in [-0.05, 0) is 11.8 Å². The third-order valence-corrected chi connectivity index (χ3v) is 6.30. The lowest BCUT2D eigenvalue weighted by atomic mass is 9.85. The van der Waals surface area contributed by atoms with Gasteiger partial charge in [-0.15, -0.1) is 0 Å². The first-order valence-electron chi connectivity index (χ1n) is 12.7. The van der Waals surface area contributed by atoms with Crippen molar-refractivity contribution in [3.05, 3.63) is 0 Å². The lowest BCUT2D eigenvalue weighted by Gasteiger charge is -2.20. The van der Waals surface area contributed by atoms with Crippen molar-refractivity contribution in [2.75, 3.05) is 0 Å². The Morgan fingerprint density at radius 2 is 0.654 bits per heavy atom. The van der Waals surface area contributed by atoms with Crippen LogP contribution < -0.4 is 0 Å². The van der Waals surface area contributed by atoms with Crippen LogP contribution in [0.1, 0.15) is 156 Å². The molecule has 0 aromatic rings. The van der Waals surface area contributed by atoms with E-state index in [2.05, 4.69) is 27.7 Å². The van der Waals surface area contributed by atoms with Gasteiger partial charge in [-0.2, -0.15) is 0 Å². The number of hydrogen-bond donors (Lipinski definition) is 0. The highest BCUT2D eigenvalue weighted by Crippen LogP contribution is 2.25. The molecule has 0 N–H and O–H groups in total. The summed E-state index contributed by atoms with van der Waals surface area (Å²) in [7, 11) is 0. The van der Waals surface area contributed by atoms with Crippen LogP contribution in [0.5, 0.6) is 0 Å². The predicted molar refractivity (Wildman–Crippen MR) is 122 cm³/mol. The summed E-state index contributed by atoms with van der Waals surface area (Å²) >= 11 is 0. The van der Waals surface area contributed by atoms with Gasteiger partial charge in [0.1, 0.15) is 0 Å². The average molecular weight is 367 g/mol. The van der Waals surface area contributed by atoms with Crippen molar-refractivity contribution in [3.63, 3.8) is 0 Å². The van der Waals surface area contributed by atoms with Crippen molar-refractivity contribution in [2.24, 2.45) is 11.8 Å². The lowest BCUT2D eigenvalue weighted by molar-refractivity contribution is 0.312. The van der Waals surface area contributed by atoms with E-state index in [0.717, 1.165) is 11.8 Å². The summed E-state index contributed by atoms with van der Waals surface area (Å²) < 4.78 is 0. The molecular formula is C26H54. The second-order valence-electron chi connectivity index (χ2n) is 9.24. The third kappa shape index (κ3) is 18.8. The first-order chi connectivity index (χ1) is 12.7. The van der Waals surface area contributed by atoms with E-state index >= 15 is 0 Å². The van der Waals surface area contributed by atoms with Crippen LogP contribution >= 0.6 is 0 Å². The zero-order valence-corrected chi connectivity index (χ0v) is 19.3. The molecule has 0 aromatic heterocycles. The maximum atomic E-state index is 2.45. The Morgan fingerprint density at radius 1 is 0.385 bits per heavy atom. The van der Waals surface area contributed by atoms with Gasteiger partial charge in [0.05, 0.1) is 0 Å². The van der Waals surface area contributed by atoms with Crippen molar-refractivity contribution < 1.29 is 0 Å². The largest absolute Gasteiger partial charge is 0.0654 e. The van der Waals surface area contributed by atoms with E-state index < -0.39 is 0 Å². The van der Waals surface area contributed by atoms with E-state index in [1.807, 2.05) is 0 Å². The summed E-state index contributed by atoms with van der Waals surface area (Å²) in [5, 5.41) is 0. The summed E-state index contributed by atoms with van der Waals surface area (Å²) in [4.78, 5) is 0. The summed E-state index contributed by atoms with van der Waals surface area (Å²) in [6.07, 6.45) is 29.3. The molecule has 0 fully saturated rings. The van der Waals surface area contributed by atoms with Crippen LogP contribution in [0.2, 0.25) is 0 Å². The number of rotatable bonds is 21. The molecule has 0 saturated carbocycles. The maximum absolute atomic E-state index is 2.45. The maximum Gasteiger partial charge on any atom is -0.0391 e. The zero-order chi connectivity index (χ0) is 19.3. The van der Waals surface area contributed by atoms with Crippen LogP contribution in [0.3, 0.4) is 0 Å². The van der Waals surface area contributed by atoms with E-state index in [1.54, 1.807) is 0 Å². The van der Waals surface area contributed by atoms with Crippen LogP contribution in [-0.4, -0.2) is 0 Å². The smallest absolute Gasteiger partial charge is 0.0391 e. The minimum Gasteiger partial charge on any atom is -0.0654 e. The molecule has 1 atom stereocenters. The predicted octanol–water partition coefficient (Wildman–Crippen LogP) is 10.1. The van der Waals surface area contributed by atoms with E-state index in [1.165, 1.54) is 128 Å². The van der Waals surface area contributed by atoms with Crippen molar-refractivity contribution >= 4 is 0 Å². The van der Waals surface area contributed by atoms with Crippen molar-refractivity contribution in [1.82, 2.24) is 0 Å². The first-order valence-corrected chi connectivity index (χ1v) is 12.7. The van der Waals surface area contributed by atoms with Crippen molar-refractivity contribution in [1.29, 1.82) is 0 Å². The Balaban J connectivity index is 3.45. The molecule has 0 heterocycles. The van der Waals surface area contributed by atoms with Crippen LogP contribution in [0.15, 0.2) is 0 Å². The van der Waals surface area contributed by atoms with Crippen LogP contribution in [0.4, 0.5) is 0 Å². The monoisotopic (exact) mass is 366 g/mol. The van der Waals surface area contributed by atoms with Crippen LogP contribution in [-0.2, 0) is 0 Å². The van der Waals surface area contributed by atoms with E-state index in [4.69, 9.17) is 0 Å². The van der Waals surface area contributed by atoms with Gasteiger partial charge in [-0.3, -0.25) is 0 Å². The molecule has 26 heavy (non-hydrogen) atoms. The normalized spacial score (nSPS) is 12.8. The van der Waals surface area contributed by atoms with Gasteiger partial charge < -0.3 is 0 Å². The van der Waals surface area contributed by atoms with Gasteiger partial charge >= 0.3 is 0 Å². The molecule has 0 spiro atoms. The fourth-order valence-corrected chi connectivity index (χ4v) is 4.25. The topological polar surface area (TPSA) is 0 Å². The molecular weight excluding hydrogens is 312 g/mol. The second kappa shape index (κ2) is 21.3. The van der Waals surface area contributed by atoms with E-state index in [-0.39, 0.29) is 0 Å².